The van der Waals surface area contributed by atoms with Crippen LogP contribution in [0.1, 0.15) is 11.1 Å². The van der Waals surface area contributed by atoms with E-state index in [1.54, 1.807) is 4.68 Å². The van der Waals surface area contributed by atoms with Crippen molar-refractivity contribution in [1.29, 1.82) is 0 Å². The summed E-state index contributed by atoms with van der Waals surface area (Å²) in [5.74, 6) is 0.633. The predicted octanol–water partition coefficient (Wildman–Crippen LogP) is 2.34. The molecule has 2 aromatic carbocycles. The van der Waals surface area contributed by atoms with Crippen LogP contribution in [-0.2, 0) is 13.1 Å². The van der Waals surface area contributed by atoms with Gasteiger partial charge in [-0.25, -0.2) is 0 Å². The van der Waals surface area contributed by atoms with Crippen LogP contribution in [0.5, 0.6) is 0 Å². The van der Waals surface area contributed by atoms with Crippen molar-refractivity contribution in [3.63, 3.8) is 0 Å². The van der Waals surface area contributed by atoms with Gasteiger partial charge in [-0.2, -0.15) is 4.68 Å². The lowest BCUT2D eigenvalue weighted by Crippen LogP contribution is -2.11. The van der Waals surface area contributed by atoms with Crippen LogP contribution in [0, 0.1) is 0 Å². The van der Waals surface area contributed by atoms with Gasteiger partial charge in [0.2, 0.25) is 5.95 Å². The Bertz CT molecular complexity index is 733. The van der Waals surface area contributed by atoms with Crippen LogP contribution >= 0.6 is 0 Å². The molecule has 0 amide bonds. The molecule has 23 heavy (non-hydrogen) atoms. The number of para-hydroxylation sites is 1. The normalized spacial score (nSPS) is 10.9. The van der Waals surface area contributed by atoms with Crippen LogP contribution in [0.2, 0.25) is 0 Å². The van der Waals surface area contributed by atoms with E-state index in [-0.39, 0.29) is 0 Å². The van der Waals surface area contributed by atoms with Gasteiger partial charge in [0.05, 0.1) is 5.69 Å². The van der Waals surface area contributed by atoms with Crippen molar-refractivity contribution in [2.45, 2.75) is 13.1 Å². The third-order valence-electron chi connectivity index (χ3n) is 3.44. The second kappa shape index (κ2) is 7.02. The summed E-state index contributed by atoms with van der Waals surface area (Å²) < 4.78 is 1.69. The molecular formula is C17H20N6. The first-order valence-corrected chi connectivity index (χ1v) is 7.52. The number of anilines is 1. The smallest absolute Gasteiger partial charge is 0.248 e. The number of aromatic nitrogens is 4. The topological polar surface area (TPSA) is 58.9 Å². The van der Waals surface area contributed by atoms with E-state index in [1.165, 1.54) is 11.1 Å². The van der Waals surface area contributed by atoms with Gasteiger partial charge in [0.1, 0.15) is 0 Å². The third kappa shape index (κ3) is 3.92. The molecule has 118 valence electrons. The maximum atomic E-state index is 4.05. The third-order valence-corrected chi connectivity index (χ3v) is 3.44. The molecule has 6 nitrogen and oxygen atoms in total. The molecule has 1 N–H and O–H groups in total. The van der Waals surface area contributed by atoms with Gasteiger partial charge in [-0.15, -0.1) is 0 Å². The van der Waals surface area contributed by atoms with E-state index in [2.05, 4.69) is 64.1 Å². The molecule has 3 aromatic rings. The van der Waals surface area contributed by atoms with Gasteiger partial charge in [-0.05, 0) is 47.8 Å². The van der Waals surface area contributed by atoms with Gasteiger partial charge >= 0.3 is 0 Å². The predicted molar refractivity (Wildman–Crippen MR) is 90.3 cm³/mol. The average Bonchev–Trinajstić information content (AvgIpc) is 3.03. The lowest BCUT2D eigenvalue weighted by atomic mass is 10.1. The van der Waals surface area contributed by atoms with E-state index in [9.17, 15) is 0 Å². The molecule has 0 saturated heterocycles. The lowest BCUT2D eigenvalue weighted by molar-refractivity contribution is 0.402. The molecule has 0 unspecified atom stereocenters. The molecule has 0 aliphatic carbocycles. The number of nitrogens with one attached hydrogen (secondary N) is 1. The first-order chi connectivity index (χ1) is 11.2. The van der Waals surface area contributed by atoms with Crippen molar-refractivity contribution in [1.82, 2.24) is 25.1 Å². The average molecular weight is 308 g/mol. The Kier molecular flexibility index (Phi) is 4.63. The quantitative estimate of drug-likeness (QED) is 0.757. The van der Waals surface area contributed by atoms with Crippen LogP contribution in [0.3, 0.4) is 0 Å². The summed E-state index contributed by atoms with van der Waals surface area (Å²) in [7, 11) is 4.14. The lowest BCUT2D eigenvalue weighted by Gasteiger charge is -2.10. The van der Waals surface area contributed by atoms with E-state index in [1.807, 2.05) is 30.3 Å². The zero-order valence-corrected chi connectivity index (χ0v) is 13.3. The first-order valence-electron chi connectivity index (χ1n) is 7.52. The van der Waals surface area contributed by atoms with Gasteiger partial charge in [-0.1, -0.05) is 47.6 Å². The van der Waals surface area contributed by atoms with Crippen LogP contribution in [0.15, 0.2) is 54.6 Å². The van der Waals surface area contributed by atoms with Crippen LogP contribution < -0.4 is 5.32 Å². The Morgan fingerprint density at radius 1 is 0.957 bits per heavy atom. The number of hydrogen-bond donors (Lipinski definition) is 1. The van der Waals surface area contributed by atoms with Gasteiger partial charge in [0.25, 0.3) is 0 Å². The highest BCUT2D eigenvalue weighted by Gasteiger charge is 2.07. The van der Waals surface area contributed by atoms with Crippen LogP contribution in [0.25, 0.3) is 5.69 Å². The van der Waals surface area contributed by atoms with Crippen LogP contribution in [0.4, 0.5) is 5.95 Å². The monoisotopic (exact) mass is 308 g/mol. The molecule has 0 radical (unpaired) electrons. The fourth-order valence-corrected chi connectivity index (χ4v) is 2.35. The Morgan fingerprint density at radius 3 is 2.35 bits per heavy atom. The molecule has 0 saturated carbocycles. The zero-order chi connectivity index (χ0) is 16.1. The van der Waals surface area contributed by atoms with E-state index >= 15 is 0 Å². The minimum Gasteiger partial charge on any atom is -0.349 e. The molecule has 1 aromatic heterocycles. The summed E-state index contributed by atoms with van der Waals surface area (Å²) in [5, 5.41) is 15.1. The molecule has 0 aliphatic heterocycles. The Labute approximate surface area is 135 Å². The molecular weight excluding hydrogens is 288 g/mol. The molecule has 3 rings (SSSR count). The number of tetrazole rings is 1. The van der Waals surface area contributed by atoms with Gasteiger partial charge < -0.3 is 10.2 Å². The molecule has 6 heteroatoms. The highest BCUT2D eigenvalue weighted by Crippen LogP contribution is 2.12. The van der Waals surface area contributed by atoms with Crippen molar-refractivity contribution in [3.8, 4) is 5.69 Å². The van der Waals surface area contributed by atoms with Gasteiger partial charge in [0.15, 0.2) is 0 Å². The standard InChI is InChI=1S/C17H20N6/c1-22(2)13-15-10-8-14(9-11-15)12-18-17-19-20-21-23(17)16-6-4-3-5-7-16/h3-11H,12-13H2,1-2H3,(H,18,19,21). The molecule has 0 spiro atoms. The summed E-state index contributed by atoms with van der Waals surface area (Å²) in [4.78, 5) is 2.15. The fourth-order valence-electron chi connectivity index (χ4n) is 2.35. The van der Waals surface area contributed by atoms with Crippen molar-refractivity contribution in [2.75, 3.05) is 19.4 Å². The van der Waals surface area contributed by atoms with Gasteiger partial charge in [-0.3, -0.25) is 0 Å². The maximum Gasteiger partial charge on any atom is 0.248 e. The minimum absolute atomic E-state index is 0.633. The highest BCUT2D eigenvalue weighted by atomic mass is 15.6. The van der Waals surface area contributed by atoms with Crippen molar-refractivity contribution in [3.05, 3.63) is 65.7 Å². The van der Waals surface area contributed by atoms with Crippen molar-refractivity contribution >= 4 is 5.95 Å². The summed E-state index contributed by atoms with van der Waals surface area (Å²) in [6, 6.07) is 18.4. The molecule has 1 heterocycles. The first kappa shape index (κ1) is 15.2. The summed E-state index contributed by atoms with van der Waals surface area (Å²) in [6.07, 6.45) is 0. The van der Waals surface area contributed by atoms with Gasteiger partial charge in [0, 0.05) is 13.1 Å². The second-order valence-corrected chi connectivity index (χ2v) is 5.66. The molecule has 0 atom stereocenters. The summed E-state index contributed by atoms with van der Waals surface area (Å²) in [5.41, 5.74) is 3.42. The van der Waals surface area contributed by atoms with Crippen molar-refractivity contribution in [2.24, 2.45) is 0 Å². The van der Waals surface area contributed by atoms with Crippen molar-refractivity contribution < 1.29 is 0 Å². The van der Waals surface area contributed by atoms with E-state index in [0.29, 0.717) is 12.5 Å². The van der Waals surface area contributed by atoms with E-state index < -0.39 is 0 Å². The molecule has 0 aliphatic rings. The van der Waals surface area contributed by atoms with Crippen LogP contribution in [-0.4, -0.2) is 39.2 Å². The zero-order valence-electron chi connectivity index (χ0n) is 13.3. The highest BCUT2D eigenvalue weighted by molar-refractivity contribution is 5.39. The second-order valence-electron chi connectivity index (χ2n) is 5.66. The number of rotatable bonds is 6. The Morgan fingerprint density at radius 2 is 1.65 bits per heavy atom. The minimum atomic E-state index is 0.633. The Hall–Kier alpha value is -2.73. The van der Waals surface area contributed by atoms with E-state index in [4.69, 9.17) is 0 Å². The number of benzene rings is 2. The largest absolute Gasteiger partial charge is 0.349 e. The maximum absolute atomic E-state index is 4.05. The summed E-state index contributed by atoms with van der Waals surface area (Å²) in [6.45, 7) is 1.62. The molecule has 0 bridgehead atoms. The number of hydrogen-bond acceptors (Lipinski definition) is 5. The fraction of sp³-hybridized carbons (Fsp3) is 0.235. The Balaban J connectivity index is 1.66. The SMILES string of the molecule is CN(C)Cc1ccc(CNc2nnnn2-c2ccccc2)cc1. The van der Waals surface area contributed by atoms with E-state index in [0.717, 1.165) is 12.2 Å². The molecule has 0 fully saturated rings. The number of nitrogens with zero attached hydrogens (tertiary/aromatic N) is 5. The summed E-state index contributed by atoms with van der Waals surface area (Å²) >= 11 is 0.